The van der Waals surface area contributed by atoms with Crippen molar-refractivity contribution in [1.82, 2.24) is 0 Å². The highest BCUT2D eigenvalue weighted by Crippen LogP contribution is 2.42. The molecule has 0 saturated heterocycles. The molecular weight excluding hydrogens is 651 g/mol. The Labute approximate surface area is 297 Å². The number of allylic oxidation sites excluding steroid dienone is 3. The van der Waals surface area contributed by atoms with Crippen LogP contribution in [0.2, 0.25) is 0 Å². The lowest BCUT2D eigenvalue weighted by Crippen LogP contribution is -2.25. The van der Waals surface area contributed by atoms with Crippen LogP contribution in [0.15, 0.2) is 120 Å². The summed E-state index contributed by atoms with van der Waals surface area (Å²) in [4.78, 5) is 7.22. The number of nitrogens with zero attached hydrogens (tertiary/aromatic N) is 6. The summed E-state index contributed by atoms with van der Waals surface area (Å²) < 4.78 is 28.7. The van der Waals surface area contributed by atoms with Crippen LogP contribution in [0.25, 0.3) is 43.1 Å². The molecule has 0 unspecified atom stereocenters. The van der Waals surface area contributed by atoms with Crippen molar-refractivity contribution in [3.05, 3.63) is 198 Å². The molecule has 7 rings (SSSR count). The molecule has 0 aliphatic heterocycles. The Kier molecular flexibility index (Phi) is 8.29. The van der Waals surface area contributed by atoms with E-state index < -0.39 is 11.6 Å². The second-order valence-electron chi connectivity index (χ2n) is 12.1. The number of halogens is 2. The lowest BCUT2D eigenvalue weighted by molar-refractivity contribution is 0.627. The highest BCUT2D eigenvalue weighted by atomic mass is 19.1. The third-order valence-corrected chi connectivity index (χ3v) is 9.40. The number of fused-ring (bicyclic) bond motifs is 2. The molecule has 0 amide bonds. The van der Waals surface area contributed by atoms with Gasteiger partial charge in [-0.15, -0.1) is 0 Å². The Bertz CT molecular complexity index is 2590. The summed E-state index contributed by atoms with van der Waals surface area (Å²) in [6.45, 7) is 15.9. The summed E-state index contributed by atoms with van der Waals surface area (Å²) in [5.41, 5.74) is 8.15. The minimum atomic E-state index is -0.465. The highest BCUT2D eigenvalue weighted by molar-refractivity contribution is 5.98. The van der Waals surface area contributed by atoms with Gasteiger partial charge in [0.15, 0.2) is 0 Å². The summed E-state index contributed by atoms with van der Waals surface area (Å²) in [6.07, 6.45) is 0.256. The number of hydrogen-bond donors (Lipinski definition) is 0. The Morgan fingerprint density at radius 2 is 0.885 bits per heavy atom. The van der Waals surface area contributed by atoms with E-state index in [1.165, 1.54) is 24.3 Å². The number of hydrogen-bond acceptors (Lipinski definition) is 4. The van der Waals surface area contributed by atoms with E-state index in [4.69, 9.17) is 13.1 Å². The van der Waals surface area contributed by atoms with Gasteiger partial charge in [-0.1, -0.05) is 48.5 Å². The topological polar surface area (TPSA) is 104 Å². The van der Waals surface area contributed by atoms with Gasteiger partial charge in [0.05, 0.1) is 28.8 Å². The zero-order chi connectivity index (χ0) is 36.5. The van der Waals surface area contributed by atoms with Crippen molar-refractivity contribution in [2.75, 3.05) is 0 Å². The monoisotopic (exact) mass is 670 g/mol. The van der Waals surface area contributed by atoms with Crippen molar-refractivity contribution < 1.29 is 8.78 Å². The van der Waals surface area contributed by atoms with Crippen LogP contribution in [0, 0.1) is 70.1 Å². The quantitative estimate of drug-likeness (QED) is 0.143. The Balaban J connectivity index is 1.83. The van der Waals surface area contributed by atoms with E-state index in [0.29, 0.717) is 77.2 Å². The van der Waals surface area contributed by atoms with Crippen molar-refractivity contribution in [3.8, 4) is 46.5 Å². The molecule has 0 fully saturated rings. The third kappa shape index (κ3) is 5.28. The van der Waals surface area contributed by atoms with Gasteiger partial charge in [0.25, 0.3) is 0 Å². The van der Waals surface area contributed by atoms with E-state index in [1.54, 1.807) is 72.8 Å². The molecular formula is C44H20F2N6. The van der Waals surface area contributed by atoms with Gasteiger partial charge in [-0.25, -0.2) is 8.78 Å². The van der Waals surface area contributed by atoms with Crippen LogP contribution in [0.4, 0.5) is 8.78 Å². The zero-order valence-corrected chi connectivity index (χ0v) is 27.1. The summed E-state index contributed by atoms with van der Waals surface area (Å²) in [6, 6.07) is 34.0. The number of rotatable bonds is 4. The van der Waals surface area contributed by atoms with Crippen LogP contribution in [0.5, 0.6) is 0 Å². The van der Waals surface area contributed by atoms with E-state index in [0.717, 1.165) is 11.1 Å². The summed E-state index contributed by atoms with van der Waals surface area (Å²) in [5, 5.41) is 41.1. The van der Waals surface area contributed by atoms with E-state index in [1.807, 2.05) is 0 Å². The number of benzene rings is 5. The van der Waals surface area contributed by atoms with Crippen LogP contribution in [0.3, 0.4) is 0 Å². The normalized spacial score (nSPS) is 12.4. The fraction of sp³-hybridized carbons (Fsp3) is 0.0455. The Morgan fingerprint density at radius 3 is 1.25 bits per heavy atom. The van der Waals surface area contributed by atoms with Crippen LogP contribution in [-0.2, 0) is 12.8 Å². The molecule has 0 spiro atoms. The molecule has 52 heavy (non-hydrogen) atoms. The van der Waals surface area contributed by atoms with Gasteiger partial charge in [0.1, 0.15) is 42.5 Å². The Morgan fingerprint density at radius 1 is 0.519 bits per heavy atom. The van der Waals surface area contributed by atoms with E-state index in [-0.39, 0.29) is 24.2 Å². The molecule has 0 aromatic heterocycles. The highest BCUT2D eigenvalue weighted by Gasteiger charge is 2.36. The van der Waals surface area contributed by atoms with Gasteiger partial charge in [-0.2, -0.15) is 30.7 Å². The summed E-state index contributed by atoms with van der Waals surface area (Å²) >= 11 is 0. The molecule has 0 heterocycles. The summed E-state index contributed by atoms with van der Waals surface area (Å²) in [7, 11) is 0. The van der Waals surface area contributed by atoms with Gasteiger partial charge in [-0.05, 0) is 127 Å². The fourth-order valence-corrected chi connectivity index (χ4v) is 7.25. The second kappa shape index (κ2) is 13.2. The minimum Gasteiger partial charge on any atom is -0.207 e. The zero-order valence-electron chi connectivity index (χ0n) is 27.1. The molecule has 2 aliphatic rings. The molecule has 0 radical (unpaired) electrons. The molecule has 2 aliphatic carbocycles. The maximum atomic E-state index is 14.4. The van der Waals surface area contributed by atoms with E-state index >= 15 is 0 Å². The molecule has 5 aromatic carbocycles. The largest absolute Gasteiger partial charge is 0.523 e. The van der Waals surface area contributed by atoms with Gasteiger partial charge in [0, 0.05) is 6.42 Å². The average Bonchev–Trinajstić information content (AvgIpc) is 3.75. The lowest BCUT2D eigenvalue weighted by Gasteiger charge is -2.17. The van der Waals surface area contributed by atoms with Crippen molar-refractivity contribution in [1.29, 1.82) is 21.0 Å². The molecule has 0 N–H and O–H groups in total. The minimum absolute atomic E-state index is 0.112. The van der Waals surface area contributed by atoms with Gasteiger partial charge >= 0.3 is 5.82 Å². The first-order chi connectivity index (χ1) is 25.3. The SMILES string of the molecule is [C-]#[N+]C([N+]#[C-])=C1Cc2c(-c3ccc(C#N)cc3)c3c(c(-c4ccc(C#N)cc4)c2=C1c1ccc(F)cc1)CC(=C(C#N)C#N)C=3c1ccc(F)cc1. The van der Waals surface area contributed by atoms with Crippen molar-refractivity contribution in [2.45, 2.75) is 12.8 Å². The van der Waals surface area contributed by atoms with Crippen molar-refractivity contribution >= 4 is 11.1 Å². The first-order valence-electron chi connectivity index (χ1n) is 15.9. The molecule has 8 heteroatoms. The fourth-order valence-electron chi connectivity index (χ4n) is 7.25. The van der Waals surface area contributed by atoms with Crippen molar-refractivity contribution in [2.24, 2.45) is 0 Å². The predicted molar refractivity (Wildman–Crippen MR) is 190 cm³/mol. The van der Waals surface area contributed by atoms with Crippen LogP contribution < -0.4 is 10.4 Å². The first-order valence-corrected chi connectivity index (χ1v) is 15.9. The predicted octanol–water partition coefficient (Wildman–Crippen LogP) is 7.95. The third-order valence-electron chi connectivity index (χ3n) is 9.40. The van der Waals surface area contributed by atoms with Crippen LogP contribution in [-0.4, -0.2) is 0 Å². The molecule has 0 saturated carbocycles. The molecule has 0 bridgehead atoms. The average molecular weight is 671 g/mol. The maximum Gasteiger partial charge on any atom is 0.523 e. The maximum absolute atomic E-state index is 14.4. The van der Waals surface area contributed by atoms with Gasteiger partial charge < -0.3 is 0 Å². The first kappa shape index (κ1) is 32.7. The van der Waals surface area contributed by atoms with Gasteiger partial charge in [0.2, 0.25) is 0 Å². The summed E-state index contributed by atoms with van der Waals surface area (Å²) in [5.74, 6) is -1.07. The second-order valence-corrected chi connectivity index (χ2v) is 12.1. The van der Waals surface area contributed by atoms with Crippen molar-refractivity contribution in [3.63, 3.8) is 0 Å². The molecule has 240 valence electrons. The molecule has 5 aromatic rings. The molecule has 6 nitrogen and oxygen atoms in total. The smallest absolute Gasteiger partial charge is 0.207 e. The van der Waals surface area contributed by atoms with E-state index in [2.05, 4.69) is 34.0 Å². The van der Waals surface area contributed by atoms with Crippen LogP contribution in [0.1, 0.15) is 33.4 Å². The lowest BCUT2D eigenvalue weighted by atomic mass is 9.85. The Hall–Kier alpha value is -7.88. The van der Waals surface area contributed by atoms with Gasteiger partial charge in [-0.3, -0.25) is 0 Å². The standard InChI is InChI=1S/C44H20F2N6/c1-51-44(52-2)37-20-36-40(28-9-5-26(22-48)6-10-28)42-35(19-34(31(23-49)24-50)38(42)29-11-15-32(45)16-12-29)39(27-7-3-25(21-47)4-8-27)43(36)41(37)30-13-17-33(46)18-14-30/h3-18H,19-20H2. The van der Waals surface area contributed by atoms with E-state index in [9.17, 15) is 29.8 Å². The van der Waals surface area contributed by atoms with Crippen LogP contribution >= 0.6 is 0 Å². The molecule has 0 atom stereocenters. The number of nitriles is 4.